The van der Waals surface area contributed by atoms with E-state index in [0.717, 1.165) is 16.8 Å². The number of fused-ring (bicyclic) bond motifs is 1. The molecule has 5 nitrogen and oxygen atoms in total. The summed E-state index contributed by atoms with van der Waals surface area (Å²) < 4.78 is 0. The van der Waals surface area contributed by atoms with Crippen LogP contribution in [0.4, 0.5) is 11.8 Å². The predicted molar refractivity (Wildman–Crippen MR) is 61.2 cm³/mol. The van der Waals surface area contributed by atoms with Crippen molar-refractivity contribution in [3.8, 4) is 0 Å². The predicted octanol–water partition coefficient (Wildman–Crippen LogP) is 1.42. The van der Waals surface area contributed by atoms with Gasteiger partial charge in [-0.3, -0.25) is 0 Å². The highest BCUT2D eigenvalue weighted by Crippen LogP contribution is 2.17. The number of nitrogens with one attached hydrogen (secondary N) is 2. The zero-order valence-corrected chi connectivity index (χ0v) is 9.00. The Morgan fingerprint density at radius 2 is 1.93 bits per heavy atom. The number of aryl methyl sites for hydroxylation is 1. The van der Waals surface area contributed by atoms with E-state index in [1.165, 1.54) is 0 Å². The molecule has 0 bridgehead atoms. The van der Waals surface area contributed by atoms with Crippen molar-refractivity contribution in [3.05, 3.63) is 17.8 Å². The van der Waals surface area contributed by atoms with E-state index in [0.29, 0.717) is 11.6 Å². The highest BCUT2D eigenvalue weighted by molar-refractivity contribution is 5.78. The number of aromatic nitrogens is 3. The van der Waals surface area contributed by atoms with E-state index in [4.69, 9.17) is 0 Å². The Balaban J connectivity index is 2.66. The van der Waals surface area contributed by atoms with Crippen molar-refractivity contribution in [1.82, 2.24) is 15.0 Å². The summed E-state index contributed by atoms with van der Waals surface area (Å²) in [7, 11) is 3.63. The van der Waals surface area contributed by atoms with Gasteiger partial charge in [0.1, 0.15) is 5.82 Å². The van der Waals surface area contributed by atoms with Crippen molar-refractivity contribution in [2.75, 3.05) is 24.7 Å². The average Bonchev–Trinajstić information content (AvgIpc) is 2.27. The molecule has 2 rings (SSSR count). The van der Waals surface area contributed by atoms with Crippen molar-refractivity contribution in [3.63, 3.8) is 0 Å². The first kappa shape index (κ1) is 9.64. The van der Waals surface area contributed by atoms with E-state index in [1.807, 2.05) is 20.0 Å². The number of nitrogens with zero attached hydrogens (tertiary/aromatic N) is 3. The summed E-state index contributed by atoms with van der Waals surface area (Å²) in [5.74, 6) is 1.43. The molecule has 2 aromatic heterocycles. The molecule has 0 aliphatic rings. The molecule has 0 spiro atoms. The summed E-state index contributed by atoms with van der Waals surface area (Å²) in [6.07, 6.45) is 1.77. The van der Waals surface area contributed by atoms with Gasteiger partial charge in [-0.15, -0.1) is 0 Å². The molecule has 2 heterocycles. The van der Waals surface area contributed by atoms with Gasteiger partial charge in [0.25, 0.3) is 0 Å². The second-order valence-corrected chi connectivity index (χ2v) is 3.26. The van der Waals surface area contributed by atoms with Gasteiger partial charge in [0.15, 0.2) is 5.65 Å². The molecule has 0 aliphatic heterocycles. The third kappa shape index (κ3) is 1.68. The molecule has 15 heavy (non-hydrogen) atoms. The molecule has 0 aliphatic carbocycles. The molecule has 78 valence electrons. The minimum atomic E-state index is 0.584. The van der Waals surface area contributed by atoms with E-state index in [9.17, 15) is 0 Å². The lowest BCUT2D eigenvalue weighted by atomic mass is 10.2. The van der Waals surface area contributed by atoms with Gasteiger partial charge in [0.2, 0.25) is 5.95 Å². The van der Waals surface area contributed by atoms with Gasteiger partial charge < -0.3 is 10.6 Å². The molecule has 2 N–H and O–H groups in total. The van der Waals surface area contributed by atoms with Gasteiger partial charge in [-0.1, -0.05) is 0 Å². The van der Waals surface area contributed by atoms with Crippen molar-refractivity contribution in [2.45, 2.75) is 6.92 Å². The lowest BCUT2D eigenvalue weighted by Crippen LogP contribution is -2.00. The normalized spacial score (nSPS) is 10.3. The van der Waals surface area contributed by atoms with Crippen molar-refractivity contribution in [2.24, 2.45) is 0 Å². The van der Waals surface area contributed by atoms with Gasteiger partial charge in [0.05, 0.1) is 0 Å². The maximum atomic E-state index is 4.40. The molecule has 0 unspecified atom stereocenters. The fraction of sp³-hybridized carbons (Fsp3) is 0.300. The first-order valence-corrected chi connectivity index (χ1v) is 4.74. The second kappa shape index (κ2) is 3.68. The number of anilines is 2. The topological polar surface area (TPSA) is 62.7 Å². The van der Waals surface area contributed by atoms with Crippen molar-refractivity contribution < 1.29 is 0 Å². The summed E-state index contributed by atoms with van der Waals surface area (Å²) in [4.78, 5) is 12.8. The molecular formula is C10H13N5. The summed E-state index contributed by atoms with van der Waals surface area (Å²) in [6.45, 7) is 2.00. The van der Waals surface area contributed by atoms with Crippen LogP contribution in [0.3, 0.4) is 0 Å². The SMILES string of the molecule is CNc1ncc2cc(C)c(NC)nc2n1. The van der Waals surface area contributed by atoms with E-state index in [2.05, 4.69) is 25.6 Å². The molecule has 0 radical (unpaired) electrons. The maximum absolute atomic E-state index is 4.40. The molecule has 0 atom stereocenters. The lowest BCUT2D eigenvalue weighted by Gasteiger charge is -2.06. The van der Waals surface area contributed by atoms with E-state index in [-0.39, 0.29) is 0 Å². The minimum absolute atomic E-state index is 0.584. The zero-order valence-electron chi connectivity index (χ0n) is 9.00. The van der Waals surface area contributed by atoms with Crippen LogP contribution in [0.15, 0.2) is 12.3 Å². The van der Waals surface area contributed by atoms with Crippen molar-refractivity contribution >= 4 is 22.8 Å². The van der Waals surface area contributed by atoms with Gasteiger partial charge in [0, 0.05) is 25.7 Å². The third-order valence-corrected chi connectivity index (χ3v) is 2.22. The summed E-state index contributed by atoms with van der Waals surface area (Å²) >= 11 is 0. The number of hydrogen-bond acceptors (Lipinski definition) is 5. The molecule has 2 aromatic rings. The summed E-state index contributed by atoms with van der Waals surface area (Å²) in [6, 6.07) is 2.02. The number of pyridine rings is 1. The Bertz CT molecular complexity index is 494. The van der Waals surface area contributed by atoms with Crippen LogP contribution in [0.25, 0.3) is 11.0 Å². The van der Waals surface area contributed by atoms with Gasteiger partial charge in [-0.05, 0) is 18.6 Å². The average molecular weight is 203 g/mol. The minimum Gasteiger partial charge on any atom is -0.373 e. The van der Waals surface area contributed by atoms with Crippen LogP contribution in [0.5, 0.6) is 0 Å². The highest BCUT2D eigenvalue weighted by Gasteiger charge is 2.04. The van der Waals surface area contributed by atoms with Gasteiger partial charge in [-0.25, -0.2) is 9.97 Å². The Labute approximate surface area is 88.0 Å². The van der Waals surface area contributed by atoms with E-state index >= 15 is 0 Å². The number of hydrogen-bond donors (Lipinski definition) is 2. The van der Waals surface area contributed by atoms with Crippen LogP contribution >= 0.6 is 0 Å². The largest absolute Gasteiger partial charge is 0.373 e. The first-order valence-electron chi connectivity index (χ1n) is 4.74. The fourth-order valence-electron chi connectivity index (χ4n) is 1.44. The standard InChI is InChI=1S/C10H13N5/c1-6-4-7-5-13-10(12-3)15-9(7)14-8(6)11-2/h4-5H,1-3H3,(H2,11,12,13,14,15). The van der Waals surface area contributed by atoms with E-state index in [1.54, 1.807) is 13.2 Å². The van der Waals surface area contributed by atoms with Crippen LogP contribution < -0.4 is 10.6 Å². The van der Waals surface area contributed by atoms with Crippen LogP contribution in [0.2, 0.25) is 0 Å². The molecule has 0 aromatic carbocycles. The van der Waals surface area contributed by atoms with Crippen LogP contribution in [-0.2, 0) is 0 Å². The molecule has 0 fully saturated rings. The van der Waals surface area contributed by atoms with Crippen LogP contribution in [-0.4, -0.2) is 29.0 Å². The van der Waals surface area contributed by atoms with Crippen molar-refractivity contribution in [1.29, 1.82) is 0 Å². The number of rotatable bonds is 2. The van der Waals surface area contributed by atoms with Crippen LogP contribution in [0, 0.1) is 6.92 Å². The first-order chi connectivity index (χ1) is 7.24. The summed E-state index contributed by atoms with van der Waals surface area (Å²) in [5.41, 5.74) is 1.79. The second-order valence-electron chi connectivity index (χ2n) is 3.26. The molecule has 5 heteroatoms. The highest BCUT2D eigenvalue weighted by atomic mass is 15.1. The summed E-state index contributed by atoms with van der Waals surface area (Å²) in [5, 5.41) is 6.87. The zero-order chi connectivity index (χ0) is 10.8. The van der Waals surface area contributed by atoms with Gasteiger partial charge in [-0.2, -0.15) is 4.98 Å². The van der Waals surface area contributed by atoms with E-state index < -0.39 is 0 Å². The quantitative estimate of drug-likeness (QED) is 0.772. The molecule has 0 saturated heterocycles. The Morgan fingerprint density at radius 3 is 2.60 bits per heavy atom. The Morgan fingerprint density at radius 1 is 1.13 bits per heavy atom. The molecule has 0 saturated carbocycles. The monoisotopic (exact) mass is 203 g/mol. The Hall–Kier alpha value is -1.91. The van der Waals surface area contributed by atoms with Gasteiger partial charge >= 0.3 is 0 Å². The third-order valence-electron chi connectivity index (χ3n) is 2.22. The molecule has 0 amide bonds. The molecular weight excluding hydrogens is 190 g/mol. The smallest absolute Gasteiger partial charge is 0.224 e. The maximum Gasteiger partial charge on any atom is 0.224 e. The fourth-order valence-corrected chi connectivity index (χ4v) is 1.44. The lowest BCUT2D eigenvalue weighted by molar-refractivity contribution is 1.15. The Kier molecular flexibility index (Phi) is 2.37. The van der Waals surface area contributed by atoms with Crippen LogP contribution in [0.1, 0.15) is 5.56 Å².